The van der Waals surface area contributed by atoms with Gasteiger partial charge in [-0.2, -0.15) is 0 Å². The highest BCUT2D eigenvalue weighted by Crippen LogP contribution is 2.40. The van der Waals surface area contributed by atoms with E-state index in [1.54, 1.807) is 54.6 Å². The Morgan fingerprint density at radius 1 is 0.583 bits per heavy atom. The molecule has 174 valence electrons. The normalized spacial score (nSPS) is 16.4. The summed E-state index contributed by atoms with van der Waals surface area (Å²) in [5, 5.41) is 4.19. The second kappa shape index (κ2) is 9.16. The third-order valence-electron chi connectivity index (χ3n) is 6.51. The van der Waals surface area contributed by atoms with Gasteiger partial charge in [0.1, 0.15) is 0 Å². The van der Waals surface area contributed by atoms with Crippen LogP contribution in [0.4, 0.5) is 0 Å². The van der Waals surface area contributed by atoms with Crippen molar-refractivity contribution in [1.29, 1.82) is 0 Å². The maximum Gasteiger partial charge on any atom is 0.338 e. The Bertz CT molecular complexity index is 1620. The van der Waals surface area contributed by atoms with E-state index in [1.165, 1.54) is 0 Å². The molecule has 1 aliphatic carbocycles. The van der Waals surface area contributed by atoms with Gasteiger partial charge in [-0.3, -0.25) is 0 Å². The summed E-state index contributed by atoms with van der Waals surface area (Å²) >= 11 is 0. The molecule has 0 aromatic heterocycles. The van der Waals surface area contributed by atoms with Gasteiger partial charge >= 0.3 is 11.9 Å². The highest BCUT2D eigenvalue weighted by atomic mass is 16.6. The van der Waals surface area contributed by atoms with E-state index in [-0.39, 0.29) is 0 Å². The van der Waals surface area contributed by atoms with E-state index < -0.39 is 24.1 Å². The zero-order valence-corrected chi connectivity index (χ0v) is 19.3. The first kappa shape index (κ1) is 21.8. The van der Waals surface area contributed by atoms with Gasteiger partial charge in [0, 0.05) is 5.56 Å². The number of rotatable bonds is 4. The lowest BCUT2D eigenvalue weighted by Crippen LogP contribution is -2.30. The van der Waals surface area contributed by atoms with Crippen LogP contribution in [0.1, 0.15) is 37.9 Å². The maximum absolute atomic E-state index is 13.2. The Morgan fingerprint density at radius 3 is 1.83 bits per heavy atom. The van der Waals surface area contributed by atoms with Crippen LogP contribution < -0.4 is 0 Å². The molecule has 0 spiro atoms. The van der Waals surface area contributed by atoms with Crippen molar-refractivity contribution in [3.05, 3.63) is 138 Å². The van der Waals surface area contributed by atoms with Crippen LogP contribution in [0.5, 0.6) is 0 Å². The average Bonchev–Trinajstić information content (AvgIpc) is 2.93. The van der Waals surface area contributed by atoms with Gasteiger partial charge in [-0.05, 0) is 69.6 Å². The predicted molar refractivity (Wildman–Crippen MR) is 141 cm³/mol. The van der Waals surface area contributed by atoms with Gasteiger partial charge in [0.15, 0.2) is 12.2 Å². The molecular weight excluding hydrogens is 448 g/mol. The molecular formula is C32H22O4. The SMILES string of the molecule is O=C(OC1C=Cc2ccc3cc4ccccc4cc3c2C1OC(=O)c1ccccc1)c1ccccc1. The first-order chi connectivity index (χ1) is 17.7. The summed E-state index contributed by atoms with van der Waals surface area (Å²) < 4.78 is 12.0. The number of esters is 2. The Hall–Kier alpha value is -4.70. The van der Waals surface area contributed by atoms with Gasteiger partial charge in [0.05, 0.1) is 11.1 Å². The third kappa shape index (κ3) is 4.03. The number of carbonyl (C=O) groups is 2. The minimum Gasteiger partial charge on any atom is -0.450 e. The Labute approximate surface area is 208 Å². The lowest BCUT2D eigenvalue weighted by molar-refractivity contribution is -0.0224. The number of benzene rings is 5. The van der Waals surface area contributed by atoms with E-state index in [0.29, 0.717) is 11.1 Å². The molecule has 5 aromatic carbocycles. The van der Waals surface area contributed by atoms with Crippen molar-refractivity contribution in [3.8, 4) is 0 Å². The van der Waals surface area contributed by atoms with E-state index in [4.69, 9.17) is 9.47 Å². The summed E-state index contributed by atoms with van der Waals surface area (Å²) in [5.41, 5.74) is 2.63. The molecule has 0 saturated heterocycles. The topological polar surface area (TPSA) is 52.6 Å². The summed E-state index contributed by atoms with van der Waals surface area (Å²) in [7, 11) is 0. The molecule has 2 unspecified atom stereocenters. The van der Waals surface area contributed by atoms with Crippen molar-refractivity contribution in [2.24, 2.45) is 0 Å². The molecule has 0 radical (unpaired) electrons. The largest absolute Gasteiger partial charge is 0.450 e. The number of fused-ring (bicyclic) bond motifs is 4. The van der Waals surface area contributed by atoms with Crippen LogP contribution in [0.3, 0.4) is 0 Å². The van der Waals surface area contributed by atoms with Crippen LogP contribution in [-0.4, -0.2) is 18.0 Å². The third-order valence-corrected chi connectivity index (χ3v) is 6.51. The summed E-state index contributed by atoms with van der Waals surface area (Å²) in [6.07, 6.45) is 2.13. The van der Waals surface area contributed by atoms with Crippen molar-refractivity contribution in [1.82, 2.24) is 0 Å². The first-order valence-electron chi connectivity index (χ1n) is 11.8. The molecule has 0 saturated carbocycles. The Morgan fingerprint density at radius 2 is 1.17 bits per heavy atom. The van der Waals surface area contributed by atoms with Crippen molar-refractivity contribution < 1.29 is 19.1 Å². The smallest absolute Gasteiger partial charge is 0.338 e. The quantitative estimate of drug-likeness (QED) is 0.207. The summed E-state index contributed by atoms with van der Waals surface area (Å²) in [5.74, 6) is -0.944. The fourth-order valence-corrected chi connectivity index (χ4v) is 4.73. The summed E-state index contributed by atoms with van der Waals surface area (Å²) in [6.45, 7) is 0. The van der Waals surface area contributed by atoms with E-state index in [0.717, 1.165) is 32.7 Å². The molecule has 0 heterocycles. The van der Waals surface area contributed by atoms with Crippen LogP contribution in [0.15, 0.2) is 115 Å². The highest BCUT2D eigenvalue weighted by molar-refractivity contribution is 6.01. The van der Waals surface area contributed by atoms with E-state index >= 15 is 0 Å². The van der Waals surface area contributed by atoms with Gasteiger partial charge in [-0.1, -0.05) is 78.9 Å². The van der Waals surface area contributed by atoms with Crippen LogP contribution in [0.2, 0.25) is 0 Å². The van der Waals surface area contributed by atoms with E-state index in [1.807, 2.05) is 36.4 Å². The number of ether oxygens (including phenoxy) is 2. The molecule has 36 heavy (non-hydrogen) atoms. The molecule has 0 amide bonds. The molecule has 4 nitrogen and oxygen atoms in total. The van der Waals surface area contributed by atoms with E-state index in [9.17, 15) is 9.59 Å². The van der Waals surface area contributed by atoms with Gasteiger partial charge in [0.25, 0.3) is 0 Å². The molecule has 0 aliphatic heterocycles. The summed E-state index contributed by atoms with van der Waals surface area (Å²) in [6, 6.07) is 34.1. The molecule has 4 heteroatoms. The van der Waals surface area contributed by atoms with Crippen molar-refractivity contribution in [2.75, 3.05) is 0 Å². The second-order valence-electron chi connectivity index (χ2n) is 8.78. The molecule has 6 rings (SSSR count). The van der Waals surface area contributed by atoms with Crippen LogP contribution in [-0.2, 0) is 9.47 Å². The summed E-state index contributed by atoms with van der Waals surface area (Å²) in [4.78, 5) is 26.2. The lowest BCUT2D eigenvalue weighted by atomic mass is 9.87. The van der Waals surface area contributed by atoms with Crippen LogP contribution in [0.25, 0.3) is 27.6 Å². The fraction of sp³-hybridized carbons (Fsp3) is 0.0625. The molecule has 0 N–H and O–H groups in total. The number of hydrogen-bond donors (Lipinski definition) is 0. The van der Waals surface area contributed by atoms with Crippen LogP contribution in [0, 0.1) is 0 Å². The second-order valence-corrected chi connectivity index (χ2v) is 8.78. The van der Waals surface area contributed by atoms with Crippen molar-refractivity contribution >= 4 is 39.6 Å². The standard InChI is InChI=1S/C32H22O4/c33-31(22-9-3-1-4-10-22)35-28-18-17-21-15-16-26-19-24-13-7-8-14-25(24)20-27(26)29(21)30(28)36-32(34)23-11-5-2-6-12-23/h1-20,28,30H. The van der Waals surface area contributed by atoms with Crippen LogP contribution >= 0.6 is 0 Å². The highest BCUT2D eigenvalue weighted by Gasteiger charge is 2.34. The zero-order valence-electron chi connectivity index (χ0n) is 19.3. The predicted octanol–water partition coefficient (Wildman–Crippen LogP) is 7.14. The molecule has 0 fully saturated rings. The maximum atomic E-state index is 13.2. The van der Waals surface area contributed by atoms with Gasteiger partial charge in [-0.15, -0.1) is 0 Å². The Balaban J connectivity index is 1.47. The average molecular weight is 471 g/mol. The minimum absolute atomic E-state index is 0.437. The lowest BCUT2D eigenvalue weighted by Gasteiger charge is -2.30. The monoisotopic (exact) mass is 470 g/mol. The molecule has 0 bridgehead atoms. The first-order valence-corrected chi connectivity index (χ1v) is 11.8. The minimum atomic E-state index is -0.810. The molecule has 2 atom stereocenters. The molecule has 1 aliphatic rings. The fourth-order valence-electron chi connectivity index (χ4n) is 4.73. The molecule has 5 aromatic rings. The van der Waals surface area contributed by atoms with Gasteiger partial charge in [0.2, 0.25) is 0 Å². The number of carbonyl (C=O) groups excluding carboxylic acids is 2. The van der Waals surface area contributed by atoms with Crippen molar-refractivity contribution in [2.45, 2.75) is 12.2 Å². The Kier molecular flexibility index (Phi) is 5.55. The van der Waals surface area contributed by atoms with Crippen molar-refractivity contribution in [3.63, 3.8) is 0 Å². The van der Waals surface area contributed by atoms with E-state index in [2.05, 4.69) is 30.3 Å². The van der Waals surface area contributed by atoms with Gasteiger partial charge < -0.3 is 9.47 Å². The number of hydrogen-bond acceptors (Lipinski definition) is 4. The van der Waals surface area contributed by atoms with Gasteiger partial charge in [-0.25, -0.2) is 9.59 Å². The zero-order chi connectivity index (χ0) is 24.5.